The molecular weight excluding hydrogens is 456 g/mol. The molecule has 8 nitrogen and oxygen atoms in total. The number of nitrogens with zero attached hydrogens (tertiary/aromatic N) is 1. The van der Waals surface area contributed by atoms with Crippen LogP contribution in [0.15, 0.2) is 35.5 Å². The number of esters is 1. The lowest BCUT2D eigenvalue weighted by Gasteiger charge is -2.50. The molecule has 0 radical (unpaired) electrons. The molecule has 2 atom stereocenters. The van der Waals surface area contributed by atoms with Gasteiger partial charge in [-0.3, -0.25) is 19.3 Å². The Balaban J connectivity index is 1.55. The van der Waals surface area contributed by atoms with Crippen LogP contribution in [0.4, 0.5) is 0 Å². The Labute approximate surface area is 194 Å². The number of carbonyl (C=O) groups excluding carboxylic acids is 3. The van der Waals surface area contributed by atoms with Gasteiger partial charge in [0, 0.05) is 23.3 Å². The Morgan fingerprint density at radius 1 is 1.28 bits per heavy atom. The summed E-state index contributed by atoms with van der Waals surface area (Å²) >= 11 is 7.76. The van der Waals surface area contributed by atoms with E-state index >= 15 is 0 Å². The molecule has 0 aromatic heterocycles. The molecule has 2 fully saturated rings. The zero-order chi connectivity index (χ0) is 23.0. The fourth-order valence-corrected chi connectivity index (χ4v) is 6.35. The molecule has 1 aromatic rings. The largest absolute Gasteiger partial charge is 0.477 e. The number of carboxylic acids is 1. The number of thioether (sulfide) groups is 1. The van der Waals surface area contributed by atoms with E-state index in [2.05, 4.69) is 5.32 Å². The summed E-state index contributed by atoms with van der Waals surface area (Å²) in [6.45, 7) is 1.05. The van der Waals surface area contributed by atoms with Gasteiger partial charge in [-0.1, -0.05) is 42.6 Å². The molecule has 0 spiro atoms. The van der Waals surface area contributed by atoms with Crippen LogP contribution in [0.2, 0.25) is 5.02 Å². The standard InChI is InChI=1S/C22H23ClN2O6S/c1-12(26)31-10-13-11-32-19-16(18(27)25(19)17(13)20(28)29)24-21(30)22(8-4-5-9-22)14-6-2-3-7-15(14)23/h2-3,6-7,16,19H,4-5,8-11H2,1H3,(H,24,30)(H,28,29)/t16-,19+/m0/s1. The number of aliphatic carboxylic acids is 1. The summed E-state index contributed by atoms with van der Waals surface area (Å²) in [6, 6.07) is 6.44. The Bertz CT molecular complexity index is 1020. The molecule has 4 rings (SSSR count). The number of halogens is 1. The minimum Gasteiger partial charge on any atom is -0.477 e. The molecule has 2 amide bonds. The summed E-state index contributed by atoms with van der Waals surface area (Å²) in [5.74, 6) is -2.26. The van der Waals surface area contributed by atoms with Gasteiger partial charge >= 0.3 is 11.9 Å². The van der Waals surface area contributed by atoms with Crippen LogP contribution >= 0.6 is 23.4 Å². The highest BCUT2D eigenvalue weighted by atomic mass is 35.5. The second kappa shape index (κ2) is 8.78. The molecule has 1 aliphatic carbocycles. The number of amides is 2. The molecule has 2 aliphatic heterocycles. The average molecular weight is 479 g/mol. The van der Waals surface area contributed by atoms with E-state index in [1.807, 2.05) is 18.2 Å². The van der Waals surface area contributed by atoms with E-state index < -0.39 is 34.7 Å². The quantitative estimate of drug-likeness (QED) is 0.477. The molecule has 0 bridgehead atoms. The third-order valence-corrected chi connectivity index (χ3v) is 7.94. The monoisotopic (exact) mass is 478 g/mol. The van der Waals surface area contributed by atoms with Gasteiger partial charge in [-0.25, -0.2) is 4.79 Å². The molecule has 170 valence electrons. The molecule has 1 aromatic carbocycles. The molecule has 10 heteroatoms. The maximum absolute atomic E-state index is 13.5. The predicted octanol–water partition coefficient (Wildman–Crippen LogP) is 2.45. The highest BCUT2D eigenvalue weighted by Crippen LogP contribution is 2.45. The van der Waals surface area contributed by atoms with Gasteiger partial charge in [0.1, 0.15) is 23.7 Å². The van der Waals surface area contributed by atoms with Gasteiger partial charge in [0.2, 0.25) is 5.91 Å². The van der Waals surface area contributed by atoms with Crippen molar-refractivity contribution in [1.29, 1.82) is 0 Å². The zero-order valence-electron chi connectivity index (χ0n) is 17.4. The Morgan fingerprint density at radius 2 is 1.97 bits per heavy atom. The fraction of sp³-hybridized carbons (Fsp3) is 0.455. The number of hydrogen-bond acceptors (Lipinski definition) is 6. The average Bonchev–Trinajstić information content (AvgIpc) is 3.26. The van der Waals surface area contributed by atoms with Gasteiger partial charge in [0.25, 0.3) is 5.91 Å². The van der Waals surface area contributed by atoms with E-state index in [4.69, 9.17) is 16.3 Å². The van der Waals surface area contributed by atoms with E-state index in [-0.39, 0.29) is 24.0 Å². The Hall–Kier alpha value is -2.52. The topological polar surface area (TPSA) is 113 Å². The summed E-state index contributed by atoms with van der Waals surface area (Å²) in [4.78, 5) is 50.5. The van der Waals surface area contributed by atoms with Gasteiger partial charge in [-0.05, 0) is 24.5 Å². The van der Waals surface area contributed by atoms with Crippen LogP contribution in [0.5, 0.6) is 0 Å². The first-order valence-corrected chi connectivity index (χ1v) is 11.8. The van der Waals surface area contributed by atoms with Crippen molar-refractivity contribution in [2.45, 2.75) is 49.4 Å². The third kappa shape index (κ3) is 3.77. The summed E-state index contributed by atoms with van der Waals surface area (Å²) in [5, 5.41) is 12.6. The van der Waals surface area contributed by atoms with Crippen molar-refractivity contribution in [3.8, 4) is 0 Å². The Kier molecular flexibility index (Phi) is 6.22. The highest BCUT2D eigenvalue weighted by molar-refractivity contribution is 8.00. The van der Waals surface area contributed by atoms with Gasteiger partial charge in [-0.15, -0.1) is 11.8 Å². The number of fused-ring (bicyclic) bond motifs is 1. The smallest absolute Gasteiger partial charge is 0.352 e. The summed E-state index contributed by atoms with van der Waals surface area (Å²) in [6.07, 6.45) is 3.04. The molecule has 3 aliphatic rings. The molecule has 1 saturated heterocycles. The zero-order valence-corrected chi connectivity index (χ0v) is 19.0. The van der Waals surface area contributed by atoms with Crippen molar-refractivity contribution in [1.82, 2.24) is 10.2 Å². The maximum atomic E-state index is 13.5. The van der Waals surface area contributed by atoms with Gasteiger partial charge < -0.3 is 15.2 Å². The molecule has 32 heavy (non-hydrogen) atoms. The van der Waals surface area contributed by atoms with Crippen LogP contribution in [-0.2, 0) is 29.3 Å². The number of β-lactam (4-membered cyclic amide) rings is 1. The van der Waals surface area contributed by atoms with Crippen molar-refractivity contribution < 1.29 is 29.0 Å². The first kappa shape index (κ1) is 22.7. The maximum Gasteiger partial charge on any atom is 0.352 e. The molecule has 2 heterocycles. The number of ether oxygens (including phenoxy) is 1. The number of rotatable bonds is 6. The van der Waals surface area contributed by atoms with E-state index in [0.29, 0.717) is 23.4 Å². The lowest BCUT2D eigenvalue weighted by molar-refractivity contribution is -0.151. The lowest BCUT2D eigenvalue weighted by atomic mass is 9.77. The second-order valence-electron chi connectivity index (χ2n) is 8.17. The van der Waals surface area contributed by atoms with Gasteiger partial charge in [0.15, 0.2) is 0 Å². The van der Waals surface area contributed by atoms with E-state index in [0.717, 1.165) is 18.4 Å². The van der Waals surface area contributed by atoms with E-state index in [1.165, 1.54) is 23.6 Å². The number of nitrogens with one attached hydrogen (secondary N) is 1. The summed E-state index contributed by atoms with van der Waals surface area (Å²) in [7, 11) is 0. The third-order valence-electron chi connectivity index (χ3n) is 6.27. The normalized spacial score (nSPS) is 23.9. The molecular formula is C22H23ClN2O6S. The molecule has 2 N–H and O–H groups in total. The van der Waals surface area contributed by atoms with E-state index in [1.54, 1.807) is 6.07 Å². The first-order chi connectivity index (χ1) is 15.3. The number of benzene rings is 1. The van der Waals surface area contributed by atoms with Crippen molar-refractivity contribution >= 4 is 47.1 Å². The number of carbonyl (C=O) groups is 4. The van der Waals surface area contributed by atoms with Crippen molar-refractivity contribution in [2.75, 3.05) is 12.4 Å². The van der Waals surface area contributed by atoms with Crippen LogP contribution in [-0.4, -0.2) is 57.5 Å². The van der Waals surface area contributed by atoms with Gasteiger partial charge in [0.05, 0.1) is 5.41 Å². The van der Waals surface area contributed by atoms with Crippen LogP contribution in [0.1, 0.15) is 38.2 Å². The first-order valence-electron chi connectivity index (χ1n) is 10.4. The summed E-state index contributed by atoms with van der Waals surface area (Å²) < 4.78 is 4.94. The summed E-state index contributed by atoms with van der Waals surface area (Å²) in [5.41, 5.74) is 0.138. The Morgan fingerprint density at radius 3 is 2.59 bits per heavy atom. The second-order valence-corrected chi connectivity index (χ2v) is 9.68. The van der Waals surface area contributed by atoms with Crippen LogP contribution < -0.4 is 5.32 Å². The van der Waals surface area contributed by atoms with Crippen LogP contribution in [0, 0.1) is 0 Å². The highest BCUT2D eigenvalue weighted by Gasteiger charge is 2.56. The van der Waals surface area contributed by atoms with Crippen molar-refractivity contribution in [3.63, 3.8) is 0 Å². The predicted molar refractivity (Wildman–Crippen MR) is 118 cm³/mol. The van der Waals surface area contributed by atoms with E-state index in [9.17, 15) is 24.3 Å². The molecule has 0 unspecified atom stereocenters. The van der Waals surface area contributed by atoms with Crippen molar-refractivity contribution in [2.24, 2.45) is 0 Å². The number of carboxylic acid groups (broad SMARTS) is 1. The SMILES string of the molecule is CC(=O)OCC1=C(C(=O)O)N2C(=O)[C@H](NC(=O)C3(c4ccccc4Cl)CCCC3)[C@H]2SC1. The molecule has 1 saturated carbocycles. The minimum atomic E-state index is -1.26. The minimum absolute atomic E-state index is 0.174. The van der Waals surface area contributed by atoms with Crippen LogP contribution in [0.3, 0.4) is 0 Å². The van der Waals surface area contributed by atoms with Gasteiger partial charge in [-0.2, -0.15) is 0 Å². The fourth-order valence-electron chi connectivity index (χ4n) is 4.71. The number of hydrogen-bond donors (Lipinski definition) is 2. The van der Waals surface area contributed by atoms with Crippen molar-refractivity contribution in [3.05, 3.63) is 46.1 Å². The lowest BCUT2D eigenvalue weighted by Crippen LogP contribution is -2.71. The van der Waals surface area contributed by atoms with Crippen LogP contribution in [0.25, 0.3) is 0 Å².